The van der Waals surface area contributed by atoms with Gasteiger partial charge in [0.1, 0.15) is 0 Å². The molecule has 1 atom stereocenters. The van der Waals surface area contributed by atoms with E-state index >= 15 is 0 Å². The van der Waals surface area contributed by atoms with Crippen molar-refractivity contribution in [3.63, 3.8) is 0 Å². The van der Waals surface area contributed by atoms with Gasteiger partial charge in [0.2, 0.25) is 0 Å². The second kappa shape index (κ2) is 8.07. The van der Waals surface area contributed by atoms with E-state index in [1.54, 1.807) is 24.3 Å². The van der Waals surface area contributed by atoms with Gasteiger partial charge in [0.15, 0.2) is 5.54 Å². The summed E-state index contributed by atoms with van der Waals surface area (Å²) in [4.78, 5) is 12.5. The molecule has 0 saturated heterocycles. The van der Waals surface area contributed by atoms with Crippen LogP contribution >= 0.6 is 0 Å². The lowest BCUT2D eigenvalue weighted by Crippen LogP contribution is -2.43. The first-order valence-corrected chi connectivity index (χ1v) is 9.38. The third-order valence-corrected chi connectivity index (χ3v) is 5.06. The first-order chi connectivity index (χ1) is 13.9. The Morgan fingerprint density at radius 2 is 1.83 bits per heavy atom. The van der Waals surface area contributed by atoms with Crippen molar-refractivity contribution >= 4 is 17.3 Å². The molecule has 146 valence electrons. The van der Waals surface area contributed by atoms with Crippen LogP contribution in [-0.4, -0.2) is 11.1 Å². The molecule has 0 bridgehead atoms. The Morgan fingerprint density at radius 3 is 2.41 bits per heavy atom. The van der Waals surface area contributed by atoms with Crippen LogP contribution in [0.3, 0.4) is 0 Å². The number of carboxylic acid groups (broad SMARTS) is 1. The summed E-state index contributed by atoms with van der Waals surface area (Å²) in [5, 5.41) is 22.4. The average Bonchev–Trinajstić information content (AvgIpc) is 2.71. The molecule has 0 saturated carbocycles. The summed E-state index contributed by atoms with van der Waals surface area (Å²) < 4.78 is 0. The van der Waals surface area contributed by atoms with Crippen molar-refractivity contribution in [2.75, 3.05) is 11.1 Å². The third-order valence-electron chi connectivity index (χ3n) is 5.06. The number of aliphatic carboxylic acids is 1. The van der Waals surface area contributed by atoms with Gasteiger partial charge >= 0.3 is 5.97 Å². The van der Waals surface area contributed by atoms with E-state index in [2.05, 4.69) is 11.4 Å². The van der Waals surface area contributed by atoms with Crippen molar-refractivity contribution in [3.8, 4) is 17.2 Å². The Balaban J connectivity index is 2.11. The van der Waals surface area contributed by atoms with Crippen LogP contribution < -0.4 is 11.1 Å². The zero-order valence-corrected chi connectivity index (χ0v) is 16.4. The van der Waals surface area contributed by atoms with E-state index in [1.807, 2.05) is 56.3 Å². The largest absolute Gasteiger partial charge is 0.479 e. The van der Waals surface area contributed by atoms with E-state index in [-0.39, 0.29) is 0 Å². The Morgan fingerprint density at radius 1 is 1.10 bits per heavy atom. The van der Waals surface area contributed by atoms with Crippen molar-refractivity contribution < 1.29 is 9.90 Å². The highest BCUT2D eigenvalue weighted by atomic mass is 16.4. The monoisotopic (exact) mass is 385 g/mol. The maximum atomic E-state index is 12.5. The van der Waals surface area contributed by atoms with Gasteiger partial charge in [-0.2, -0.15) is 5.26 Å². The molecule has 0 radical (unpaired) electrons. The molecule has 29 heavy (non-hydrogen) atoms. The molecule has 0 fully saturated rings. The molecule has 0 heterocycles. The van der Waals surface area contributed by atoms with Gasteiger partial charge in [0, 0.05) is 11.4 Å². The maximum Gasteiger partial charge on any atom is 0.334 e. The highest BCUT2D eigenvalue weighted by Crippen LogP contribution is 2.34. The molecule has 0 spiro atoms. The van der Waals surface area contributed by atoms with Crippen LogP contribution in [0.2, 0.25) is 0 Å². The molecular formula is C24H23N3O2. The van der Waals surface area contributed by atoms with E-state index in [9.17, 15) is 9.90 Å². The number of nitrogens with zero attached hydrogens (tertiary/aromatic N) is 1. The Labute approximate surface area is 170 Å². The van der Waals surface area contributed by atoms with Crippen LogP contribution in [0.1, 0.15) is 30.0 Å². The van der Waals surface area contributed by atoms with Gasteiger partial charge < -0.3 is 16.2 Å². The molecule has 5 nitrogen and oxygen atoms in total. The molecule has 1 unspecified atom stereocenters. The number of aryl methyl sites for hydroxylation is 1. The summed E-state index contributed by atoms with van der Waals surface area (Å²) in [6.45, 7) is 3.79. The van der Waals surface area contributed by atoms with Crippen LogP contribution in [0.5, 0.6) is 0 Å². The summed E-state index contributed by atoms with van der Waals surface area (Å²) in [6.07, 6.45) is 0.335. The topological polar surface area (TPSA) is 99.1 Å². The molecule has 5 heteroatoms. The molecule has 0 amide bonds. The molecule has 4 N–H and O–H groups in total. The van der Waals surface area contributed by atoms with Crippen LogP contribution in [0.15, 0.2) is 66.7 Å². The number of anilines is 2. The van der Waals surface area contributed by atoms with Crippen LogP contribution in [0.4, 0.5) is 11.4 Å². The number of carboxylic acids is 1. The first-order valence-electron chi connectivity index (χ1n) is 9.38. The van der Waals surface area contributed by atoms with Crippen LogP contribution in [0, 0.1) is 18.3 Å². The van der Waals surface area contributed by atoms with Crippen LogP contribution in [-0.2, 0) is 10.3 Å². The van der Waals surface area contributed by atoms with E-state index in [0.29, 0.717) is 28.9 Å². The molecule has 0 aliphatic heterocycles. The van der Waals surface area contributed by atoms with Gasteiger partial charge in [-0.3, -0.25) is 0 Å². The molecular weight excluding hydrogens is 362 g/mol. The first kappa shape index (κ1) is 20.0. The highest BCUT2D eigenvalue weighted by Gasteiger charge is 2.39. The number of carbonyl (C=O) groups is 1. The van der Waals surface area contributed by atoms with E-state index in [4.69, 9.17) is 11.0 Å². The Hall–Kier alpha value is -3.78. The maximum absolute atomic E-state index is 12.5. The van der Waals surface area contributed by atoms with Crippen molar-refractivity contribution in [1.82, 2.24) is 0 Å². The SMILES string of the molecule is CCC(Nc1ccc(C#N)cc1)(C(=O)O)c1cc(C)cc(-c2cccc(N)c2)c1. The predicted octanol–water partition coefficient (Wildman–Crippen LogP) is 4.92. The summed E-state index contributed by atoms with van der Waals surface area (Å²) in [5.74, 6) is -0.964. The second-order valence-corrected chi connectivity index (χ2v) is 7.09. The fraction of sp³-hybridized carbons (Fsp3) is 0.167. The smallest absolute Gasteiger partial charge is 0.334 e. The van der Waals surface area contributed by atoms with Crippen molar-refractivity contribution in [2.24, 2.45) is 0 Å². The molecule has 0 aliphatic rings. The number of hydrogen-bond donors (Lipinski definition) is 3. The predicted molar refractivity (Wildman–Crippen MR) is 115 cm³/mol. The van der Waals surface area contributed by atoms with Gasteiger partial charge in [0.05, 0.1) is 11.6 Å². The fourth-order valence-electron chi connectivity index (χ4n) is 3.48. The Bertz CT molecular complexity index is 1080. The zero-order chi connectivity index (χ0) is 21.0. The number of rotatable bonds is 6. The van der Waals surface area contributed by atoms with Crippen molar-refractivity contribution in [1.29, 1.82) is 5.26 Å². The minimum absolute atomic E-state index is 0.335. The standard InChI is InChI=1S/C24H23N3O2/c1-3-24(23(28)29,27-22-9-7-17(15-25)8-10-22)20-12-16(2)11-19(13-20)18-5-4-6-21(26)14-18/h4-14,27H,3,26H2,1-2H3,(H,28,29). The van der Waals surface area contributed by atoms with Gasteiger partial charge in [-0.15, -0.1) is 0 Å². The minimum Gasteiger partial charge on any atom is -0.479 e. The fourth-order valence-corrected chi connectivity index (χ4v) is 3.48. The lowest BCUT2D eigenvalue weighted by molar-refractivity contribution is -0.142. The van der Waals surface area contributed by atoms with E-state index in [0.717, 1.165) is 16.7 Å². The van der Waals surface area contributed by atoms with Crippen molar-refractivity contribution in [2.45, 2.75) is 25.8 Å². The third kappa shape index (κ3) is 4.07. The number of nitrogens with two attached hydrogens (primary N) is 1. The van der Waals surface area contributed by atoms with E-state index < -0.39 is 11.5 Å². The summed E-state index contributed by atoms with van der Waals surface area (Å²) in [7, 11) is 0. The molecule has 3 aromatic rings. The number of benzene rings is 3. The van der Waals surface area contributed by atoms with Gasteiger partial charge in [-0.25, -0.2) is 4.79 Å². The molecule has 3 aromatic carbocycles. The van der Waals surface area contributed by atoms with Gasteiger partial charge in [-0.05, 0) is 72.5 Å². The van der Waals surface area contributed by atoms with Gasteiger partial charge in [0.25, 0.3) is 0 Å². The number of hydrogen-bond acceptors (Lipinski definition) is 4. The molecule has 3 rings (SSSR count). The lowest BCUT2D eigenvalue weighted by atomic mass is 9.84. The lowest BCUT2D eigenvalue weighted by Gasteiger charge is -2.32. The molecule has 0 aliphatic carbocycles. The average molecular weight is 385 g/mol. The number of nitrogens with one attached hydrogen (secondary N) is 1. The number of nitrogen functional groups attached to an aromatic ring is 1. The minimum atomic E-state index is -1.31. The number of nitriles is 1. The van der Waals surface area contributed by atoms with Gasteiger partial charge in [-0.1, -0.05) is 36.8 Å². The van der Waals surface area contributed by atoms with Crippen LogP contribution in [0.25, 0.3) is 11.1 Å². The second-order valence-electron chi connectivity index (χ2n) is 7.09. The quantitative estimate of drug-likeness (QED) is 0.523. The van der Waals surface area contributed by atoms with Crippen molar-refractivity contribution in [3.05, 3.63) is 83.4 Å². The zero-order valence-electron chi connectivity index (χ0n) is 16.4. The summed E-state index contributed by atoms with van der Waals surface area (Å²) >= 11 is 0. The summed E-state index contributed by atoms with van der Waals surface area (Å²) in [5.41, 5.74) is 9.90. The van der Waals surface area contributed by atoms with E-state index in [1.165, 1.54) is 0 Å². The highest BCUT2D eigenvalue weighted by molar-refractivity contribution is 5.85. The Kier molecular flexibility index (Phi) is 5.56. The summed E-state index contributed by atoms with van der Waals surface area (Å²) in [6, 6.07) is 22.2. The normalized spacial score (nSPS) is 12.6. The molecule has 0 aromatic heterocycles.